The van der Waals surface area contributed by atoms with Crippen LogP contribution in [0.25, 0.3) is 0 Å². The maximum absolute atomic E-state index is 12.0. The minimum absolute atomic E-state index is 0.0602. The minimum atomic E-state index is 0.0602. The first-order valence-corrected chi connectivity index (χ1v) is 7.89. The van der Waals surface area contributed by atoms with Crippen molar-refractivity contribution in [2.24, 2.45) is 0 Å². The van der Waals surface area contributed by atoms with Gasteiger partial charge in [0.05, 0.1) is 20.8 Å². The molecule has 1 aromatic carbocycles. The normalized spacial score (nSPS) is 14.2. The van der Waals surface area contributed by atoms with Gasteiger partial charge in [0.25, 0.3) is 0 Å². The van der Waals surface area contributed by atoms with Crippen LogP contribution in [0, 0.1) is 0 Å². The topological polar surface area (TPSA) is 60.0 Å². The predicted molar refractivity (Wildman–Crippen MR) is 88.0 cm³/mol. The van der Waals surface area contributed by atoms with E-state index in [-0.39, 0.29) is 5.91 Å². The van der Waals surface area contributed by atoms with E-state index in [1.165, 1.54) is 11.1 Å². The van der Waals surface area contributed by atoms with Gasteiger partial charge in [-0.1, -0.05) is 0 Å². The first kappa shape index (κ1) is 17.6. The fraction of sp³-hybridized carbons (Fsp3) is 0.588. The molecule has 1 amide bonds. The second kappa shape index (κ2) is 8.74. The number of benzene rings is 1. The Morgan fingerprint density at radius 3 is 2.52 bits per heavy atom. The van der Waals surface area contributed by atoms with Gasteiger partial charge in [0.2, 0.25) is 5.91 Å². The number of carbonyl (C=O) groups excluding carboxylic acids is 1. The number of hydrogen-bond acceptors (Lipinski definition) is 5. The van der Waals surface area contributed by atoms with Gasteiger partial charge in [-0.2, -0.15) is 0 Å². The van der Waals surface area contributed by atoms with Crippen molar-refractivity contribution in [2.45, 2.75) is 19.4 Å². The average Bonchev–Trinajstić information content (AvgIpc) is 2.57. The number of ether oxygens (including phenoxy) is 3. The van der Waals surface area contributed by atoms with E-state index >= 15 is 0 Å². The molecule has 1 heterocycles. The van der Waals surface area contributed by atoms with Gasteiger partial charge in [-0.05, 0) is 36.1 Å². The lowest BCUT2D eigenvalue weighted by atomic mass is 9.99. The van der Waals surface area contributed by atoms with Crippen LogP contribution in [0.2, 0.25) is 0 Å². The van der Waals surface area contributed by atoms with Crippen LogP contribution in [0.1, 0.15) is 17.5 Å². The highest BCUT2D eigenvalue weighted by molar-refractivity contribution is 5.78. The van der Waals surface area contributed by atoms with E-state index < -0.39 is 0 Å². The molecule has 0 aliphatic carbocycles. The standard InChI is InChI=1S/C17H26N2O4/c1-21-8-4-6-18-17(20)12-19-7-5-13-9-15(22-2)16(23-3)10-14(13)11-19/h9-10H,4-8,11-12H2,1-3H3,(H,18,20). The zero-order chi connectivity index (χ0) is 16.7. The second-order valence-electron chi connectivity index (χ2n) is 5.63. The van der Waals surface area contributed by atoms with E-state index in [1.807, 2.05) is 12.1 Å². The van der Waals surface area contributed by atoms with Crippen molar-refractivity contribution in [2.75, 3.05) is 47.6 Å². The van der Waals surface area contributed by atoms with Crippen molar-refractivity contribution in [3.63, 3.8) is 0 Å². The Hall–Kier alpha value is -1.79. The Morgan fingerprint density at radius 2 is 1.87 bits per heavy atom. The summed E-state index contributed by atoms with van der Waals surface area (Å²) >= 11 is 0. The number of nitrogens with zero attached hydrogens (tertiary/aromatic N) is 1. The van der Waals surface area contributed by atoms with Gasteiger partial charge in [0.1, 0.15) is 0 Å². The number of carbonyl (C=O) groups is 1. The van der Waals surface area contributed by atoms with Crippen molar-refractivity contribution >= 4 is 5.91 Å². The summed E-state index contributed by atoms with van der Waals surface area (Å²) in [5.74, 6) is 1.55. The van der Waals surface area contributed by atoms with E-state index in [4.69, 9.17) is 14.2 Å². The highest BCUT2D eigenvalue weighted by atomic mass is 16.5. The molecule has 0 unspecified atom stereocenters. The molecule has 0 spiro atoms. The van der Waals surface area contributed by atoms with Gasteiger partial charge in [0, 0.05) is 33.4 Å². The molecule has 6 nitrogen and oxygen atoms in total. The van der Waals surface area contributed by atoms with E-state index in [0.717, 1.165) is 37.4 Å². The molecular formula is C17H26N2O4. The van der Waals surface area contributed by atoms with Crippen LogP contribution >= 0.6 is 0 Å². The highest BCUT2D eigenvalue weighted by Gasteiger charge is 2.20. The lowest BCUT2D eigenvalue weighted by Crippen LogP contribution is -2.40. The maximum Gasteiger partial charge on any atom is 0.234 e. The fourth-order valence-electron chi connectivity index (χ4n) is 2.78. The first-order chi connectivity index (χ1) is 11.2. The van der Waals surface area contributed by atoms with Crippen LogP contribution < -0.4 is 14.8 Å². The minimum Gasteiger partial charge on any atom is -0.493 e. The largest absolute Gasteiger partial charge is 0.493 e. The molecule has 0 aromatic heterocycles. The van der Waals surface area contributed by atoms with E-state index in [0.29, 0.717) is 19.7 Å². The van der Waals surface area contributed by atoms with Gasteiger partial charge in [-0.25, -0.2) is 0 Å². The summed E-state index contributed by atoms with van der Waals surface area (Å²) in [5, 5.41) is 2.92. The van der Waals surface area contributed by atoms with Crippen LogP contribution in [-0.2, 0) is 22.5 Å². The lowest BCUT2D eigenvalue weighted by molar-refractivity contribution is -0.122. The van der Waals surface area contributed by atoms with Gasteiger partial charge in [-0.15, -0.1) is 0 Å². The van der Waals surface area contributed by atoms with Crippen molar-refractivity contribution in [3.05, 3.63) is 23.3 Å². The van der Waals surface area contributed by atoms with Crippen molar-refractivity contribution in [3.8, 4) is 11.5 Å². The molecule has 1 aliphatic rings. The summed E-state index contributed by atoms with van der Waals surface area (Å²) in [7, 11) is 4.95. The molecule has 0 radical (unpaired) electrons. The van der Waals surface area contributed by atoms with E-state index in [9.17, 15) is 4.79 Å². The van der Waals surface area contributed by atoms with Gasteiger partial charge in [-0.3, -0.25) is 9.69 Å². The number of fused-ring (bicyclic) bond motifs is 1. The third-order valence-electron chi connectivity index (χ3n) is 4.01. The maximum atomic E-state index is 12.0. The summed E-state index contributed by atoms with van der Waals surface area (Å²) in [6.07, 6.45) is 1.74. The van der Waals surface area contributed by atoms with Crippen molar-refractivity contribution in [1.82, 2.24) is 10.2 Å². The molecule has 1 N–H and O–H groups in total. The van der Waals surface area contributed by atoms with E-state index in [1.54, 1.807) is 21.3 Å². The van der Waals surface area contributed by atoms with Crippen LogP contribution in [-0.4, -0.2) is 58.4 Å². The first-order valence-electron chi connectivity index (χ1n) is 7.89. The average molecular weight is 322 g/mol. The Labute approximate surface area is 137 Å². The number of amides is 1. The molecule has 0 saturated carbocycles. The number of nitrogens with one attached hydrogen (secondary N) is 1. The zero-order valence-corrected chi connectivity index (χ0v) is 14.2. The molecule has 0 fully saturated rings. The lowest BCUT2D eigenvalue weighted by Gasteiger charge is -2.29. The smallest absolute Gasteiger partial charge is 0.234 e. The van der Waals surface area contributed by atoms with Crippen molar-refractivity contribution < 1.29 is 19.0 Å². The quantitative estimate of drug-likeness (QED) is 0.729. The molecular weight excluding hydrogens is 296 g/mol. The molecule has 6 heteroatoms. The van der Waals surface area contributed by atoms with Gasteiger partial charge in [0.15, 0.2) is 11.5 Å². The highest BCUT2D eigenvalue weighted by Crippen LogP contribution is 2.33. The summed E-state index contributed by atoms with van der Waals surface area (Å²) in [4.78, 5) is 14.1. The SMILES string of the molecule is COCCCNC(=O)CN1CCc2cc(OC)c(OC)cc2C1. The second-order valence-corrected chi connectivity index (χ2v) is 5.63. The van der Waals surface area contributed by atoms with Gasteiger partial charge < -0.3 is 19.5 Å². The van der Waals surface area contributed by atoms with Crippen LogP contribution in [0.5, 0.6) is 11.5 Å². The molecule has 2 rings (SSSR count). The predicted octanol–water partition coefficient (Wildman–Crippen LogP) is 1.21. The molecule has 1 aromatic rings. The summed E-state index contributed by atoms with van der Waals surface area (Å²) in [6, 6.07) is 4.05. The van der Waals surface area contributed by atoms with Crippen LogP contribution in [0.4, 0.5) is 0 Å². The fourth-order valence-corrected chi connectivity index (χ4v) is 2.78. The number of rotatable bonds is 8. The summed E-state index contributed by atoms with van der Waals surface area (Å²) in [5.41, 5.74) is 2.46. The third kappa shape index (κ3) is 4.84. The molecule has 1 aliphatic heterocycles. The van der Waals surface area contributed by atoms with Crippen molar-refractivity contribution in [1.29, 1.82) is 0 Å². The Balaban J connectivity index is 1.91. The summed E-state index contributed by atoms with van der Waals surface area (Å²) in [6.45, 7) is 3.36. The third-order valence-corrected chi connectivity index (χ3v) is 4.01. The molecule has 23 heavy (non-hydrogen) atoms. The monoisotopic (exact) mass is 322 g/mol. The van der Waals surface area contributed by atoms with Crippen LogP contribution in [0.15, 0.2) is 12.1 Å². The Morgan fingerprint density at radius 1 is 1.17 bits per heavy atom. The Bertz CT molecular complexity index is 534. The number of hydrogen-bond donors (Lipinski definition) is 1. The van der Waals surface area contributed by atoms with E-state index in [2.05, 4.69) is 10.2 Å². The Kier molecular flexibility index (Phi) is 6.67. The molecule has 0 bridgehead atoms. The van der Waals surface area contributed by atoms with Crippen LogP contribution in [0.3, 0.4) is 0 Å². The summed E-state index contributed by atoms with van der Waals surface area (Å²) < 4.78 is 15.7. The number of methoxy groups -OCH3 is 3. The zero-order valence-electron chi connectivity index (χ0n) is 14.2. The molecule has 0 saturated heterocycles. The molecule has 128 valence electrons. The van der Waals surface area contributed by atoms with Gasteiger partial charge >= 0.3 is 0 Å². The molecule has 0 atom stereocenters.